The number of aromatic nitrogens is 1. The molecular weight excluding hydrogens is 320 g/mol. The van der Waals surface area contributed by atoms with Gasteiger partial charge in [-0.3, -0.25) is 14.5 Å². The lowest BCUT2D eigenvalue weighted by Crippen LogP contribution is -2.38. The molecule has 0 aliphatic carbocycles. The molecule has 0 aliphatic heterocycles. The highest BCUT2D eigenvalue weighted by Crippen LogP contribution is 2.24. The molecule has 25 heavy (non-hydrogen) atoms. The van der Waals surface area contributed by atoms with Gasteiger partial charge in [0.15, 0.2) is 0 Å². The second kappa shape index (κ2) is 8.16. The van der Waals surface area contributed by atoms with Gasteiger partial charge < -0.3 is 14.8 Å². The van der Waals surface area contributed by atoms with Crippen LogP contribution in [0.5, 0.6) is 5.75 Å². The van der Waals surface area contributed by atoms with E-state index >= 15 is 0 Å². The number of benzene rings is 1. The number of hydrogen-bond acceptors (Lipinski definition) is 4. The van der Waals surface area contributed by atoms with Crippen molar-refractivity contribution in [3.63, 3.8) is 0 Å². The predicted molar refractivity (Wildman–Crippen MR) is 96.9 cm³/mol. The smallest absolute Gasteiger partial charge is 0.322 e. The molecule has 0 aliphatic rings. The Morgan fingerprint density at radius 3 is 2.48 bits per heavy atom. The zero-order chi connectivity index (χ0) is 18.6. The van der Waals surface area contributed by atoms with Gasteiger partial charge in [0.2, 0.25) is 0 Å². The maximum absolute atomic E-state index is 11.5. The molecule has 2 rings (SSSR count). The highest BCUT2D eigenvalue weighted by Gasteiger charge is 2.15. The molecule has 0 bridgehead atoms. The Labute approximate surface area is 147 Å². The molecule has 2 aromatic rings. The van der Waals surface area contributed by atoms with Crippen LogP contribution in [0, 0.1) is 0 Å². The summed E-state index contributed by atoms with van der Waals surface area (Å²) >= 11 is 0. The number of fused-ring (bicyclic) bond motifs is 1. The van der Waals surface area contributed by atoms with Crippen molar-refractivity contribution < 1.29 is 19.4 Å². The van der Waals surface area contributed by atoms with Crippen molar-refractivity contribution >= 4 is 22.8 Å². The van der Waals surface area contributed by atoms with Gasteiger partial charge in [-0.05, 0) is 51.8 Å². The predicted octanol–water partition coefficient (Wildman–Crippen LogP) is 3.21. The van der Waals surface area contributed by atoms with Crippen molar-refractivity contribution in [2.45, 2.75) is 52.6 Å². The number of aromatic amines is 1. The number of nitrogens with zero attached hydrogens (tertiary/aromatic N) is 1. The number of ether oxygens (including phenoxy) is 1. The molecule has 0 fully saturated rings. The number of H-pyrrole nitrogens is 1. The Morgan fingerprint density at radius 1 is 1.20 bits per heavy atom. The SMILES string of the molecule is CC(C)N(CCc1c[nH]c2cc(OC(=O)CC(=O)O)ccc12)C(C)C. The third-order valence-corrected chi connectivity index (χ3v) is 4.23. The van der Waals surface area contributed by atoms with Gasteiger partial charge in [-0.2, -0.15) is 0 Å². The number of carbonyl (C=O) groups excluding carboxylic acids is 1. The number of aliphatic carboxylic acids is 1. The van der Waals surface area contributed by atoms with Crippen LogP contribution in [0.2, 0.25) is 0 Å². The zero-order valence-corrected chi connectivity index (χ0v) is 15.2. The summed E-state index contributed by atoms with van der Waals surface area (Å²) in [5, 5.41) is 9.70. The van der Waals surface area contributed by atoms with E-state index < -0.39 is 18.4 Å². The summed E-state index contributed by atoms with van der Waals surface area (Å²) < 4.78 is 5.06. The lowest BCUT2D eigenvalue weighted by Gasteiger charge is -2.30. The Balaban J connectivity index is 2.09. The van der Waals surface area contributed by atoms with Gasteiger partial charge in [-0.15, -0.1) is 0 Å². The maximum atomic E-state index is 11.5. The van der Waals surface area contributed by atoms with Crippen LogP contribution in [0.15, 0.2) is 24.4 Å². The van der Waals surface area contributed by atoms with Crippen LogP contribution in [-0.2, 0) is 16.0 Å². The minimum Gasteiger partial charge on any atom is -0.481 e. The topological polar surface area (TPSA) is 82.6 Å². The Morgan fingerprint density at radius 2 is 1.88 bits per heavy atom. The van der Waals surface area contributed by atoms with Gasteiger partial charge >= 0.3 is 11.9 Å². The maximum Gasteiger partial charge on any atom is 0.322 e. The first-order valence-corrected chi connectivity index (χ1v) is 8.56. The number of carbonyl (C=O) groups is 2. The number of nitrogens with one attached hydrogen (secondary N) is 1. The van der Waals surface area contributed by atoms with Crippen molar-refractivity contribution in [3.8, 4) is 5.75 Å². The van der Waals surface area contributed by atoms with Crippen LogP contribution < -0.4 is 4.74 Å². The largest absolute Gasteiger partial charge is 0.481 e. The average molecular weight is 346 g/mol. The highest BCUT2D eigenvalue weighted by molar-refractivity contribution is 5.92. The van der Waals surface area contributed by atoms with Crippen LogP contribution in [0.3, 0.4) is 0 Å². The van der Waals surface area contributed by atoms with E-state index in [4.69, 9.17) is 9.84 Å². The summed E-state index contributed by atoms with van der Waals surface area (Å²) in [7, 11) is 0. The van der Waals surface area contributed by atoms with E-state index in [-0.39, 0.29) is 0 Å². The molecule has 2 N–H and O–H groups in total. The molecule has 6 nitrogen and oxygen atoms in total. The monoisotopic (exact) mass is 346 g/mol. The molecule has 1 aromatic carbocycles. The highest BCUT2D eigenvalue weighted by atomic mass is 16.5. The van der Waals surface area contributed by atoms with Gasteiger partial charge in [0, 0.05) is 41.8 Å². The van der Waals surface area contributed by atoms with Gasteiger partial charge in [-0.1, -0.05) is 0 Å². The van der Waals surface area contributed by atoms with E-state index in [1.54, 1.807) is 12.1 Å². The molecule has 0 amide bonds. The number of esters is 1. The molecule has 0 saturated heterocycles. The summed E-state index contributed by atoms with van der Waals surface area (Å²) in [5.41, 5.74) is 2.08. The summed E-state index contributed by atoms with van der Waals surface area (Å²) in [6.07, 6.45) is 2.26. The van der Waals surface area contributed by atoms with Crippen molar-refractivity contribution in [3.05, 3.63) is 30.0 Å². The Kier molecular flexibility index (Phi) is 6.20. The molecule has 0 saturated carbocycles. The third-order valence-electron chi connectivity index (χ3n) is 4.23. The van der Waals surface area contributed by atoms with Crippen LogP contribution in [0.4, 0.5) is 0 Å². The van der Waals surface area contributed by atoms with E-state index in [0.717, 1.165) is 23.9 Å². The van der Waals surface area contributed by atoms with Crippen LogP contribution in [0.25, 0.3) is 10.9 Å². The summed E-state index contributed by atoms with van der Waals surface area (Å²) in [4.78, 5) is 27.6. The van der Waals surface area contributed by atoms with Gasteiger partial charge in [0.1, 0.15) is 12.2 Å². The van der Waals surface area contributed by atoms with Gasteiger partial charge in [0.05, 0.1) is 0 Å². The quantitative estimate of drug-likeness (QED) is 0.436. The van der Waals surface area contributed by atoms with Crippen LogP contribution in [0.1, 0.15) is 39.7 Å². The number of carboxylic acids is 1. The molecule has 6 heteroatoms. The molecule has 0 radical (unpaired) electrons. The first kappa shape index (κ1) is 19.0. The molecule has 0 atom stereocenters. The fraction of sp³-hybridized carbons (Fsp3) is 0.474. The third kappa shape index (κ3) is 5.06. The Bertz CT molecular complexity index is 741. The number of rotatable bonds is 8. The van der Waals surface area contributed by atoms with Crippen LogP contribution in [-0.4, -0.2) is 45.6 Å². The molecule has 0 spiro atoms. The summed E-state index contributed by atoms with van der Waals surface area (Å²) in [6, 6.07) is 6.30. The van der Waals surface area contributed by atoms with E-state index in [2.05, 4.69) is 37.6 Å². The second-order valence-electron chi connectivity index (χ2n) is 6.74. The van der Waals surface area contributed by atoms with Crippen molar-refractivity contribution in [1.29, 1.82) is 0 Å². The average Bonchev–Trinajstić information content (AvgIpc) is 2.88. The van der Waals surface area contributed by atoms with Crippen LogP contribution >= 0.6 is 0 Å². The minimum atomic E-state index is -1.20. The fourth-order valence-corrected chi connectivity index (χ4v) is 3.09. The van der Waals surface area contributed by atoms with E-state index in [0.29, 0.717) is 17.8 Å². The zero-order valence-electron chi connectivity index (χ0n) is 15.2. The molecule has 0 unspecified atom stereocenters. The van der Waals surface area contributed by atoms with Crippen molar-refractivity contribution in [2.75, 3.05) is 6.54 Å². The first-order chi connectivity index (χ1) is 11.8. The molecule has 1 aromatic heterocycles. The molecule has 136 valence electrons. The van der Waals surface area contributed by atoms with Crippen molar-refractivity contribution in [2.24, 2.45) is 0 Å². The fourth-order valence-electron chi connectivity index (χ4n) is 3.09. The molecule has 1 heterocycles. The lowest BCUT2D eigenvalue weighted by atomic mass is 10.1. The second-order valence-corrected chi connectivity index (χ2v) is 6.74. The summed E-state index contributed by atoms with van der Waals surface area (Å²) in [5.74, 6) is -1.63. The standard InChI is InChI=1S/C19H26N2O4/c1-12(2)21(13(3)4)8-7-14-11-20-17-9-15(5-6-16(14)17)25-19(24)10-18(22)23/h5-6,9,11-13,20H,7-8,10H2,1-4H3,(H,22,23). The normalized spacial score (nSPS) is 11.6. The molecular formula is C19H26N2O4. The number of carboxylic acid groups (broad SMARTS) is 1. The Hall–Kier alpha value is -2.34. The van der Waals surface area contributed by atoms with Crippen molar-refractivity contribution in [1.82, 2.24) is 9.88 Å². The van der Waals surface area contributed by atoms with Gasteiger partial charge in [0.25, 0.3) is 0 Å². The first-order valence-electron chi connectivity index (χ1n) is 8.56. The minimum absolute atomic E-state index is 0.345. The van der Waals surface area contributed by atoms with E-state index in [1.165, 1.54) is 5.56 Å². The summed E-state index contributed by atoms with van der Waals surface area (Å²) in [6.45, 7) is 9.78. The van der Waals surface area contributed by atoms with E-state index in [1.807, 2.05) is 12.3 Å². The number of hydrogen-bond donors (Lipinski definition) is 2. The lowest BCUT2D eigenvalue weighted by molar-refractivity contribution is -0.145. The van der Waals surface area contributed by atoms with Gasteiger partial charge in [-0.25, -0.2) is 0 Å². The van der Waals surface area contributed by atoms with E-state index in [9.17, 15) is 9.59 Å².